The minimum Gasteiger partial charge on any atom is -0.384 e. The van der Waals surface area contributed by atoms with Crippen LogP contribution in [0.5, 0.6) is 0 Å². The topological polar surface area (TPSA) is 95.2 Å². The number of piperazine rings is 1. The second-order valence-electron chi connectivity index (χ2n) is 11.0. The molecule has 0 N–H and O–H groups in total. The van der Waals surface area contributed by atoms with E-state index in [4.69, 9.17) is 9.72 Å². The van der Waals surface area contributed by atoms with E-state index in [-0.39, 0.29) is 11.9 Å². The van der Waals surface area contributed by atoms with E-state index in [0.717, 1.165) is 70.5 Å². The summed E-state index contributed by atoms with van der Waals surface area (Å²) in [7, 11) is 1.63. The van der Waals surface area contributed by atoms with Crippen LogP contribution in [0.15, 0.2) is 31.1 Å². The average Bonchev–Trinajstić information content (AvgIpc) is 3.88. The van der Waals surface area contributed by atoms with Crippen molar-refractivity contribution in [2.75, 3.05) is 38.3 Å². The Balaban J connectivity index is 1.44. The van der Waals surface area contributed by atoms with Crippen molar-refractivity contribution < 1.29 is 9.53 Å². The lowest BCUT2D eigenvalue weighted by atomic mass is 9.91. The molecule has 0 aromatic carbocycles. The quantitative estimate of drug-likeness (QED) is 0.417. The first kappa shape index (κ1) is 25.4. The van der Waals surface area contributed by atoms with Gasteiger partial charge in [-0.1, -0.05) is 6.58 Å². The number of nitrogens with zero attached hydrogens (tertiary/aromatic N) is 6. The molecule has 8 nitrogen and oxygen atoms in total. The van der Waals surface area contributed by atoms with Gasteiger partial charge in [-0.15, -0.1) is 0 Å². The lowest BCUT2D eigenvalue weighted by molar-refractivity contribution is -0.135. The van der Waals surface area contributed by atoms with Gasteiger partial charge in [-0.05, 0) is 67.9 Å². The largest absolute Gasteiger partial charge is 0.384 e. The number of methoxy groups -OCH3 is 1. The van der Waals surface area contributed by atoms with Crippen LogP contribution >= 0.6 is 0 Å². The number of nitriles is 1. The number of amides is 1. The van der Waals surface area contributed by atoms with Gasteiger partial charge in [-0.25, -0.2) is 9.97 Å². The van der Waals surface area contributed by atoms with Crippen molar-refractivity contribution in [3.8, 4) is 17.2 Å². The molecule has 1 saturated heterocycles. The SMILES string of the molecule is C=Cc1cc(-c2c(C3CC3)nc(N3CCN(C(=O)CCOC)C(C4CC4)C3)c(C#N)c2C)c2ccncc2n1. The Morgan fingerprint density at radius 2 is 2.08 bits per heavy atom. The summed E-state index contributed by atoms with van der Waals surface area (Å²) in [5.41, 5.74) is 6.25. The molecule has 1 unspecified atom stereocenters. The van der Waals surface area contributed by atoms with E-state index in [1.807, 2.05) is 6.07 Å². The first-order chi connectivity index (χ1) is 19.0. The van der Waals surface area contributed by atoms with Crippen LogP contribution in [0, 0.1) is 24.2 Å². The third-order valence-corrected chi connectivity index (χ3v) is 8.37. The van der Waals surface area contributed by atoms with Gasteiger partial charge in [0, 0.05) is 49.8 Å². The minimum absolute atomic E-state index is 0.146. The normalized spacial score (nSPS) is 19.3. The molecule has 2 aliphatic carbocycles. The molecule has 3 aromatic rings. The van der Waals surface area contributed by atoms with Gasteiger partial charge in [0.25, 0.3) is 0 Å². The highest BCUT2D eigenvalue weighted by Gasteiger charge is 2.42. The smallest absolute Gasteiger partial charge is 0.225 e. The third-order valence-electron chi connectivity index (χ3n) is 8.37. The molecule has 1 aliphatic heterocycles. The summed E-state index contributed by atoms with van der Waals surface area (Å²) in [4.78, 5) is 31.5. The summed E-state index contributed by atoms with van der Waals surface area (Å²) >= 11 is 0. The Labute approximate surface area is 229 Å². The summed E-state index contributed by atoms with van der Waals surface area (Å²) in [5, 5.41) is 11.4. The number of carbonyl (C=O) groups is 1. The maximum Gasteiger partial charge on any atom is 0.225 e. The Morgan fingerprint density at radius 1 is 1.26 bits per heavy atom. The van der Waals surface area contributed by atoms with Crippen molar-refractivity contribution in [3.63, 3.8) is 0 Å². The molecular weight excluding hydrogens is 488 g/mol. The Morgan fingerprint density at radius 3 is 2.77 bits per heavy atom. The maximum atomic E-state index is 13.0. The molecule has 0 radical (unpaired) electrons. The number of hydrogen-bond donors (Lipinski definition) is 0. The zero-order chi connectivity index (χ0) is 27.1. The summed E-state index contributed by atoms with van der Waals surface area (Å²) < 4.78 is 5.16. The number of rotatable bonds is 8. The predicted octanol–water partition coefficient (Wildman–Crippen LogP) is 4.86. The van der Waals surface area contributed by atoms with E-state index in [9.17, 15) is 10.1 Å². The molecule has 0 bridgehead atoms. The molecule has 1 atom stereocenters. The number of fused-ring (bicyclic) bond motifs is 1. The monoisotopic (exact) mass is 522 g/mol. The molecule has 6 rings (SSSR count). The van der Waals surface area contributed by atoms with Crippen LogP contribution < -0.4 is 4.90 Å². The van der Waals surface area contributed by atoms with Crippen molar-refractivity contribution in [2.45, 2.75) is 51.0 Å². The molecule has 0 spiro atoms. The lowest BCUT2D eigenvalue weighted by Gasteiger charge is -2.43. The number of aromatic nitrogens is 3. The Bertz CT molecular complexity index is 1490. The number of pyridine rings is 3. The molecular formula is C31H34N6O2. The fourth-order valence-corrected chi connectivity index (χ4v) is 6.01. The van der Waals surface area contributed by atoms with Crippen LogP contribution in [0.3, 0.4) is 0 Å². The number of carbonyl (C=O) groups excluding carboxylic acids is 1. The average molecular weight is 523 g/mol. The Hall–Kier alpha value is -3.83. The zero-order valence-corrected chi connectivity index (χ0v) is 22.7. The first-order valence-corrected chi connectivity index (χ1v) is 13.9. The number of hydrogen-bond acceptors (Lipinski definition) is 7. The van der Waals surface area contributed by atoms with Crippen LogP contribution in [0.1, 0.15) is 60.5 Å². The van der Waals surface area contributed by atoms with Crippen molar-refractivity contribution in [2.24, 2.45) is 5.92 Å². The third kappa shape index (κ3) is 4.76. The van der Waals surface area contributed by atoms with Gasteiger partial charge in [-0.2, -0.15) is 5.26 Å². The van der Waals surface area contributed by atoms with Crippen LogP contribution in [-0.4, -0.2) is 65.2 Å². The molecule has 3 aromatic heterocycles. The summed E-state index contributed by atoms with van der Waals surface area (Å²) in [6.07, 6.45) is 10.2. The van der Waals surface area contributed by atoms with Gasteiger partial charge >= 0.3 is 0 Å². The van der Waals surface area contributed by atoms with Crippen LogP contribution in [0.2, 0.25) is 0 Å². The van der Waals surface area contributed by atoms with Gasteiger partial charge in [0.1, 0.15) is 11.9 Å². The van der Waals surface area contributed by atoms with Crippen molar-refractivity contribution in [1.82, 2.24) is 19.9 Å². The van der Waals surface area contributed by atoms with Gasteiger partial charge < -0.3 is 14.5 Å². The van der Waals surface area contributed by atoms with Crippen LogP contribution in [-0.2, 0) is 9.53 Å². The van der Waals surface area contributed by atoms with Gasteiger partial charge in [0.2, 0.25) is 5.91 Å². The highest BCUT2D eigenvalue weighted by atomic mass is 16.5. The number of ether oxygens (including phenoxy) is 1. The molecule has 200 valence electrons. The molecule has 3 aliphatic rings. The van der Waals surface area contributed by atoms with E-state index in [0.29, 0.717) is 50.1 Å². The fourth-order valence-electron chi connectivity index (χ4n) is 6.01. The van der Waals surface area contributed by atoms with E-state index in [1.165, 1.54) is 0 Å². The summed E-state index contributed by atoms with van der Waals surface area (Å²) in [6, 6.07) is 6.69. The minimum atomic E-state index is 0.146. The molecule has 1 amide bonds. The highest BCUT2D eigenvalue weighted by Crippen LogP contribution is 2.48. The van der Waals surface area contributed by atoms with E-state index < -0.39 is 0 Å². The zero-order valence-electron chi connectivity index (χ0n) is 22.7. The van der Waals surface area contributed by atoms with Crippen molar-refractivity contribution in [1.29, 1.82) is 5.26 Å². The van der Waals surface area contributed by atoms with Crippen LogP contribution in [0.4, 0.5) is 5.82 Å². The maximum absolute atomic E-state index is 13.0. The van der Waals surface area contributed by atoms with E-state index >= 15 is 0 Å². The summed E-state index contributed by atoms with van der Waals surface area (Å²) in [6.45, 7) is 8.44. The van der Waals surface area contributed by atoms with Gasteiger partial charge in [0.05, 0.1) is 47.7 Å². The van der Waals surface area contributed by atoms with Crippen molar-refractivity contribution in [3.05, 3.63) is 53.6 Å². The van der Waals surface area contributed by atoms with Gasteiger partial charge in [-0.3, -0.25) is 9.78 Å². The lowest BCUT2D eigenvalue weighted by Crippen LogP contribution is -2.56. The second-order valence-corrected chi connectivity index (χ2v) is 11.0. The van der Waals surface area contributed by atoms with E-state index in [1.54, 1.807) is 25.6 Å². The molecule has 39 heavy (non-hydrogen) atoms. The fraction of sp³-hybridized carbons (Fsp3) is 0.452. The highest BCUT2D eigenvalue weighted by molar-refractivity contribution is 5.97. The number of anilines is 1. The second kappa shape index (κ2) is 10.4. The summed E-state index contributed by atoms with van der Waals surface area (Å²) in [5.74, 6) is 1.81. The van der Waals surface area contributed by atoms with E-state index in [2.05, 4.69) is 45.4 Å². The Kier molecular flexibility index (Phi) is 6.78. The predicted molar refractivity (Wildman–Crippen MR) is 151 cm³/mol. The molecule has 8 heteroatoms. The standard InChI is InChI=1S/C31H34N6O2/c1-4-22-15-24(23-9-11-33-17-26(23)34-22)29-19(2)25(16-32)31(35-30(29)21-7-8-21)36-12-13-37(28(38)10-14-39-3)27(18-36)20-5-6-20/h4,9,11,15,17,20-21,27H,1,5-8,10,12-14,18H2,2-3H3. The van der Waals surface area contributed by atoms with Crippen LogP contribution in [0.25, 0.3) is 28.1 Å². The molecule has 4 heterocycles. The van der Waals surface area contributed by atoms with Gasteiger partial charge in [0.15, 0.2) is 0 Å². The molecule has 3 fully saturated rings. The first-order valence-electron chi connectivity index (χ1n) is 13.9. The molecule has 2 saturated carbocycles. The van der Waals surface area contributed by atoms with Crippen molar-refractivity contribution >= 4 is 28.7 Å².